The maximum atomic E-state index is 13.6. The first-order chi connectivity index (χ1) is 16.3. The van der Waals surface area contributed by atoms with Gasteiger partial charge in [-0.2, -0.15) is 5.10 Å². The van der Waals surface area contributed by atoms with E-state index in [4.69, 9.17) is 4.99 Å². The van der Waals surface area contributed by atoms with Crippen LogP contribution in [0.15, 0.2) is 23.3 Å². The van der Waals surface area contributed by atoms with E-state index in [-0.39, 0.29) is 30.3 Å². The predicted octanol–water partition coefficient (Wildman–Crippen LogP) is 4.04. The molecule has 1 N–H and O–H groups in total. The molecule has 4 aliphatic rings. The van der Waals surface area contributed by atoms with Crippen LogP contribution in [0.5, 0.6) is 0 Å². The number of aromatic nitrogens is 2. The summed E-state index contributed by atoms with van der Waals surface area (Å²) in [6, 6.07) is 4.15. The van der Waals surface area contributed by atoms with Crippen molar-refractivity contribution in [2.45, 2.75) is 82.5 Å². The molecular formula is C26H31F2N5O. The summed E-state index contributed by atoms with van der Waals surface area (Å²) in [5, 5.41) is 7.65. The number of carbonyl (C=O) groups is 1. The van der Waals surface area contributed by atoms with Gasteiger partial charge in [0.1, 0.15) is 5.71 Å². The lowest BCUT2D eigenvalue weighted by Gasteiger charge is -2.28. The van der Waals surface area contributed by atoms with E-state index in [0.717, 1.165) is 55.6 Å². The van der Waals surface area contributed by atoms with Crippen LogP contribution < -0.4 is 5.32 Å². The van der Waals surface area contributed by atoms with Gasteiger partial charge in [-0.1, -0.05) is 13.0 Å². The molecule has 2 aromatic rings. The van der Waals surface area contributed by atoms with Gasteiger partial charge in [-0.15, -0.1) is 0 Å². The number of alkyl halides is 2. The molecule has 3 heterocycles. The molecule has 0 atom stereocenters. The summed E-state index contributed by atoms with van der Waals surface area (Å²) in [4.78, 5) is 20.6. The molecule has 180 valence electrons. The van der Waals surface area contributed by atoms with Crippen LogP contribution >= 0.6 is 0 Å². The number of amides is 1. The molecule has 2 aliphatic carbocycles. The van der Waals surface area contributed by atoms with E-state index in [0.29, 0.717) is 18.6 Å². The highest BCUT2D eigenvalue weighted by atomic mass is 19.3. The van der Waals surface area contributed by atoms with Gasteiger partial charge in [0.05, 0.1) is 24.0 Å². The van der Waals surface area contributed by atoms with Gasteiger partial charge in [-0.05, 0) is 61.9 Å². The highest BCUT2D eigenvalue weighted by Crippen LogP contribution is 2.56. The molecule has 2 saturated carbocycles. The van der Waals surface area contributed by atoms with E-state index >= 15 is 0 Å². The van der Waals surface area contributed by atoms with E-state index in [2.05, 4.69) is 46.1 Å². The third-order valence-corrected chi connectivity index (χ3v) is 8.01. The third kappa shape index (κ3) is 3.58. The van der Waals surface area contributed by atoms with Crippen LogP contribution in [0.1, 0.15) is 67.8 Å². The zero-order chi connectivity index (χ0) is 23.7. The Morgan fingerprint density at radius 1 is 1.15 bits per heavy atom. The molecule has 34 heavy (non-hydrogen) atoms. The van der Waals surface area contributed by atoms with Crippen molar-refractivity contribution in [2.24, 2.45) is 4.99 Å². The number of aryl methyl sites for hydroxylation is 1. The lowest BCUT2D eigenvalue weighted by Crippen LogP contribution is -2.43. The number of nitrogens with one attached hydrogen (secondary N) is 1. The molecule has 0 bridgehead atoms. The Balaban J connectivity index is 1.36. The second-order valence-electron chi connectivity index (χ2n) is 10.5. The fourth-order valence-electron chi connectivity index (χ4n) is 5.91. The Morgan fingerprint density at radius 2 is 1.91 bits per heavy atom. The SMILES string of the molecule is CCc1cc(-c2cnn3c2CN(C)CC3)cc2c1C1(CC1)N=C2C(=O)NC1CCC(F)(F)CC1. The van der Waals surface area contributed by atoms with E-state index in [1.165, 1.54) is 16.8 Å². The van der Waals surface area contributed by atoms with Gasteiger partial charge < -0.3 is 5.32 Å². The summed E-state index contributed by atoms with van der Waals surface area (Å²) in [7, 11) is 2.12. The minimum absolute atomic E-state index is 0.170. The minimum Gasteiger partial charge on any atom is -0.348 e. The number of carbonyl (C=O) groups excluding carboxylic acids is 1. The molecule has 1 spiro atoms. The average molecular weight is 468 g/mol. The van der Waals surface area contributed by atoms with Crippen molar-refractivity contribution in [3.05, 3.63) is 40.7 Å². The number of aliphatic imine (C=N–C) groups is 1. The van der Waals surface area contributed by atoms with Crippen molar-refractivity contribution >= 4 is 11.6 Å². The van der Waals surface area contributed by atoms with Gasteiger partial charge in [0, 0.05) is 43.1 Å². The highest BCUT2D eigenvalue weighted by molar-refractivity contribution is 6.47. The zero-order valence-corrected chi connectivity index (χ0v) is 19.8. The molecule has 0 saturated heterocycles. The number of hydrogen-bond donors (Lipinski definition) is 1. The summed E-state index contributed by atoms with van der Waals surface area (Å²) in [6.45, 7) is 4.84. The van der Waals surface area contributed by atoms with Crippen LogP contribution in [-0.2, 0) is 29.8 Å². The van der Waals surface area contributed by atoms with Gasteiger partial charge in [-0.3, -0.25) is 19.4 Å². The first-order valence-corrected chi connectivity index (χ1v) is 12.5. The second-order valence-corrected chi connectivity index (χ2v) is 10.5. The Labute approximate surface area is 198 Å². The number of benzene rings is 1. The molecule has 8 heteroatoms. The smallest absolute Gasteiger partial charge is 0.270 e. The number of fused-ring (bicyclic) bond motifs is 3. The zero-order valence-electron chi connectivity index (χ0n) is 19.8. The maximum Gasteiger partial charge on any atom is 0.270 e. The van der Waals surface area contributed by atoms with Crippen molar-refractivity contribution in [1.82, 2.24) is 20.0 Å². The molecule has 2 aliphatic heterocycles. The van der Waals surface area contributed by atoms with Crippen LogP contribution in [0.4, 0.5) is 8.78 Å². The molecule has 0 unspecified atom stereocenters. The second kappa shape index (κ2) is 7.70. The Kier molecular flexibility index (Phi) is 4.96. The van der Waals surface area contributed by atoms with Gasteiger partial charge in [0.25, 0.3) is 5.91 Å². The Hall–Kier alpha value is -2.61. The quantitative estimate of drug-likeness (QED) is 0.738. The van der Waals surface area contributed by atoms with Crippen molar-refractivity contribution in [2.75, 3.05) is 13.6 Å². The number of likely N-dealkylation sites (N-methyl/N-ethyl adjacent to an activating group) is 1. The molecule has 1 aromatic carbocycles. The van der Waals surface area contributed by atoms with Crippen molar-refractivity contribution < 1.29 is 13.6 Å². The van der Waals surface area contributed by atoms with E-state index < -0.39 is 5.92 Å². The van der Waals surface area contributed by atoms with E-state index in [1.807, 2.05) is 6.20 Å². The van der Waals surface area contributed by atoms with Crippen molar-refractivity contribution in [3.63, 3.8) is 0 Å². The first kappa shape index (κ1) is 21.9. The first-order valence-electron chi connectivity index (χ1n) is 12.5. The number of rotatable bonds is 4. The fourth-order valence-corrected chi connectivity index (χ4v) is 5.91. The lowest BCUT2D eigenvalue weighted by molar-refractivity contribution is -0.116. The largest absolute Gasteiger partial charge is 0.348 e. The highest BCUT2D eigenvalue weighted by Gasteiger charge is 2.52. The van der Waals surface area contributed by atoms with Crippen LogP contribution in [0.2, 0.25) is 0 Å². The molecule has 2 fully saturated rings. The molecular weight excluding hydrogens is 436 g/mol. The topological polar surface area (TPSA) is 62.5 Å². The summed E-state index contributed by atoms with van der Waals surface area (Å²) in [5.74, 6) is -2.84. The fraction of sp³-hybridized carbons (Fsp3) is 0.577. The number of hydrogen-bond acceptors (Lipinski definition) is 4. The van der Waals surface area contributed by atoms with Gasteiger partial charge >= 0.3 is 0 Å². The van der Waals surface area contributed by atoms with Crippen LogP contribution in [-0.4, -0.2) is 51.9 Å². The number of nitrogens with zero attached hydrogens (tertiary/aromatic N) is 4. The minimum atomic E-state index is -2.61. The van der Waals surface area contributed by atoms with Gasteiger partial charge in [0.2, 0.25) is 5.92 Å². The summed E-state index contributed by atoms with van der Waals surface area (Å²) >= 11 is 0. The van der Waals surface area contributed by atoms with Gasteiger partial charge in [0.15, 0.2) is 0 Å². The van der Waals surface area contributed by atoms with Crippen LogP contribution in [0.3, 0.4) is 0 Å². The predicted molar refractivity (Wildman–Crippen MR) is 126 cm³/mol. The molecule has 0 radical (unpaired) electrons. The number of halogens is 2. The Bertz CT molecular complexity index is 1190. The third-order valence-electron chi connectivity index (χ3n) is 8.01. The molecule has 6 rings (SSSR count). The lowest BCUT2D eigenvalue weighted by atomic mass is 9.88. The molecule has 6 nitrogen and oxygen atoms in total. The van der Waals surface area contributed by atoms with Crippen LogP contribution in [0, 0.1) is 0 Å². The van der Waals surface area contributed by atoms with Crippen molar-refractivity contribution in [3.8, 4) is 11.1 Å². The monoisotopic (exact) mass is 467 g/mol. The normalized spacial score (nSPS) is 22.9. The summed E-state index contributed by atoms with van der Waals surface area (Å²) in [6.07, 6.45) is 4.98. The van der Waals surface area contributed by atoms with Crippen LogP contribution in [0.25, 0.3) is 11.1 Å². The average Bonchev–Trinajstić information content (AvgIpc) is 3.35. The maximum absolute atomic E-state index is 13.6. The van der Waals surface area contributed by atoms with E-state index in [1.54, 1.807) is 0 Å². The molecule has 1 aromatic heterocycles. The molecule has 1 amide bonds. The van der Waals surface area contributed by atoms with E-state index in [9.17, 15) is 13.6 Å². The summed E-state index contributed by atoms with van der Waals surface area (Å²) < 4.78 is 29.2. The summed E-state index contributed by atoms with van der Waals surface area (Å²) in [5.41, 5.74) is 6.91. The Morgan fingerprint density at radius 3 is 2.62 bits per heavy atom. The van der Waals surface area contributed by atoms with Gasteiger partial charge in [-0.25, -0.2) is 8.78 Å². The van der Waals surface area contributed by atoms with Crippen molar-refractivity contribution in [1.29, 1.82) is 0 Å². The standard InChI is InChI=1S/C26H31F2N5O/c1-3-16-12-17(20-14-29-33-11-10-32(2)15-21(20)33)13-19-22(16)25(8-9-25)31-23(19)24(34)30-18-4-6-26(27,28)7-5-18/h12-14,18H,3-11,15H2,1-2H3,(H,30,34).